The Bertz CT molecular complexity index is 678. The molecule has 6 nitrogen and oxygen atoms in total. The molecule has 4 rings (SSSR count). The Kier molecular flexibility index (Phi) is 2.96. The zero-order valence-corrected chi connectivity index (χ0v) is 11.5. The second-order valence-corrected chi connectivity index (χ2v) is 5.61. The van der Waals surface area contributed by atoms with E-state index in [9.17, 15) is 4.79 Å². The highest BCUT2D eigenvalue weighted by molar-refractivity contribution is 5.90. The number of amides is 1. The van der Waals surface area contributed by atoms with Crippen LogP contribution in [0.3, 0.4) is 0 Å². The maximum absolute atomic E-state index is 11.9. The molecular formula is C15H16N4O2. The highest BCUT2D eigenvalue weighted by atomic mass is 16.5. The molecule has 2 aliphatic rings. The van der Waals surface area contributed by atoms with E-state index in [0.29, 0.717) is 11.9 Å². The molecule has 0 saturated heterocycles. The lowest BCUT2D eigenvalue weighted by atomic mass is 9.96. The summed E-state index contributed by atoms with van der Waals surface area (Å²) in [5.74, 6) is 0.353. The fourth-order valence-corrected chi connectivity index (χ4v) is 2.58. The van der Waals surface area contributed by atoms with Crippen molar-refractivity contribution in [3.05, 3.63) is 47.1 Å². The number of carbonyl (C=O) groups excluding carboxylic acids is 1. The molecule has 1 fully saturated rings. The van der Waals surface area contributed by atoms with E-state index in [1.807, 2.05) is 12.1 Å². The van der Waals surface area contributed by atoms with Gasteiger partial charge in [-0.05, 0) is 30.4 Å². The summed E-state index contributed by atoms with van der Waals surface area (Å²) in [4.78, 5) is 16.1. The maximum Gasteiger partial charge on any atom is 0.292 e. The van der Waals surface area contributed by atoms with Crippen molar-refractivity contribution in [2.45, 2.75) is 37.9 Å². The van der Waals surface area contributed by atoms with E-state index in [4.69, 9.17) is 4.52 Å². The van der Waals surface area contributed by atoms with E-state index < -0.39 is 0 Å². The summed E-state index contributed by atoms with van der Waals surface area (Å²) in [6, 6.07) is 8.55. The first-order valence-electron chi connectivity index (χ1n) is 7.24. The molecule has 1 saturated carbocycles. The summed E-state index contributed by atoms with van der Waals surface area (Å²) in [5, 5.41) is 10.0. The molecule has 1 aromatic heterocycles. The number of rotatable bonds is 3. The van der Waals surface area contributed by atoms with Crippen molar-refractivity contribution in [3.8, 4) is 0 Å². The molecule has 1 aromatic carbocycles. The minimum Gasteiger partial charge on any atom is -0.346 e. The van der Waals surface area contributed by atoms with Gasteiger partial charge < -0.3 is 15.2 Å². The van der Waals surface area contributed by atoms with Gasteiger partial charge in [0.05, 0.1) is 6.04 Å². The van der Waals surface area contributed by atoms with Gasteiger partial charge in [0.1, 0.15) is 0 Å². The summed E-state index contributed by atoms with van der Waals surface area (Å²) in [6.45, 7) is 0.771. The first-order valence-corrected chi connectivity index (χ1v) is 7.24. The highest BCUT2D eigenvalue weighted by Crippen LogP contribution is 2.25. The van der Waals surface area contributed by atoms with Crippen molar-refractivity contribution in [2.24, 2.45) is 0 Å². The molecule has 0 bridgehead atoms. The smallest absolute Gasteiger partial charge is 0.292 e. The summed E-state index contributed by atoms with van der Waals surface area (Å²) >= 11 is 0. The van der Waals surface area contributed by atoms with Gasteiger partial charge in [0.15, 0.2) is 0 Å². The average Bonchev–Trinajstić information content (AvgIpc) is 3.18. The quantitative estimate of drug-likeness (QED) is 0.889. The second-order valence-electron chi connectivity index (χ2n) is 5.61. The van der Waals surface area contributed by atoms with Crippen LogP contribution in [0.4, 0.5) is 0 Å². The minimum absolute atomic E-state index is 0.0325. The molecule has 1 aliphatic heterocycles. The number of benzene rings is 1. The number of aromatic nitrogens is 2. The van der Waals surface area contributed by atoms with Gasteiger partial charge in [-0.25, -0.2) is 0 Å². The molecule has 6 heteroatoms. The molecule has 0 radical (unpaired) electrons. The number of carbonyl (C=O) groups is 1. The van der Waals surface area contributed by atoms with Gasteiger partial charge in [-0.3, -0.25) is 4.79 Å². The fraction of sp³-hybridized carbons (Fsp3) is 0.400. The van der Waals surface area contributed by atoms with Gasteiger partial charge in [0.25, 0.3) is 11.7 Å². The molecular weight excluding hydrogens is 268 g/mol. The van der Waals surface area contributed by atoms with Crippen LogP contribution in [0.25, 0.3) is 0 Å². The maximum atomic E-state index is 11.9. The van der Waals surface area contributed by atoms with Crippen LogP contribution in [-0.4, -0.2) is 22.1 Å². The Balaban J connectivity index is 1.50. The van der Waals surface area contributed by atoms with E-state index in [2.05, 4.69) is 32.9 Å². The van der Waals surface area contributed by atoms with Crippen molar-refractivity contribution in [1.82, 2.24) is 20.8 Å². The molecule has 2 N–H and O–H groups in total. The van der Waals surface area contributed by atoms with Crippen LogP contribution in [0.2, 0.25) is 0 Å². The average molecular weight is 284 g/mol. The van der Waals surface area contributed by atoms with E-state index in [0.717, 1.165) is 25.8 Å². The summed E-state index contributed by atoms with van der Waals surface area (Å²) in [7, 11) is 0. The molecule has 2 aromatic rings. The topological polar surface area (TPSA) is 80.0 Å². The monoisotopic (exact) mass is 284 g/mol. The van der Waals surface area contributed by atoms with E-state index in [-0.39, 0.29) is 17.8 Å². The van der Waals surface area contributed by atoms with Gasteiger partial charge in [-0.1, -0.05) is 29.4 Å². The van der Waals surface area contributed by atoms with Crippen molar-refractivity contribution < 1.29 is 9.32 Å². The van der Waals surface area contributed by atoms with Crippen LogP contribution in [0.1, 0.15) is 46.5 Å². The predicted octanol–water partition coefficient (Wildman–Crippen LogP) is 1.35. The molecule has 0 spiro atoms. The molecule has 108 valence electrons. The van der Waals surface area contributed by atoms with E-state index in [1.165, 1.54) is 11.1 Å². The third-order valence-electron chi connectivity index (χ3n) is 3.94. The lowest BCUT2D eigenvalue weighted by Gasteiger charge is -2.23. The van der Waals surface area contributed by atoms with Crippen LogP contribution in [0.15, 0.2) is 28.8 Å². The van der Waals surface area contributed by atoms with Crippen LogP contribution >= 0.6 is 0 Å². The Morgan fingerprint density at radius 2 is 2.10 bits per heavy atom. The predicted molar refractivity (Wildman–Crippen MR) is 74.5 cm³/mol. The highest BCUT2D eigenvalue weighted by Gasteiger charge is 2.28. The zero-order valence-electron chi connectivity index (χ0n) is 11.5. The standard InChI is InChI=1S/C15H16N4O2/c20-14(17-11-5-6-11)13-18-15(21-19-13)12-7-9-3-1-2-4-10(9)8-16-12/h1-4,11-12,16H,5-8H2,(H,17,20)/t12-/m0/s1. The van der Waals surface area contributed by atoms with E-state index >= 15 is 0 Å². The van der Waals surface area contributed by atoms with Crippen molar-refractivity contribution in [3.63, 3.8) is 0 Å². The molecule has 0 unspecified atom stereocenters. The summed E-state index contributed by atoms with van der Waals surface area (Å²) < 4.78 is 5.26. The van der Waals surface area contributed by atoms with Crippen molar-refractivity contribution >= 4 is 5.91 Å². The largest absolute Gasteiger partial charge is 0.346 e. The van der Waals surface area contributed by atoms with Crippen LogP contribution < -0.4 is 10.6 Å². The number of nitrogens with zero attached hydrogens (tertiary/aromatic N) is 2. The van der Waals surface area contributed by atoms with Crippen molar-refractivity contribution in [1.29, 1.82) is 0 Å². The first-order chi connectivity index (χ1) is 10.3. The lowest BCUT2D eigenvalue weighted by Crippen LogP contribution is -2.29. The van der Waals surface area contributed by atoms with Gasteiger partial charge in [0, 0.05) is 12.6 Å². The van der Waals surface area contributed by atoms with E-state index in [1.54, 1.807) is 0 Å². The van der Waals surface area contributed by atoms with Gasteiger partial charge >= 0.3 is 0 Å². The number of fused-ring (bicyclic) bond motifs is 1. The molecule has 21 heavy (non-hydrogen) atoms. The molecule has 2 heterocycles. The molecule has 1 aliphatic carbocycles. The zero-order chi connectivity index (χ0) is 14.2. The molecule has 1 atom stereocenters. The third kappa shape index (κ3) is 2.54. The lowest BCUT2D eigenvalue weighted by molar-refractivity contribution is 0.0937. The van der Waals surface area contributed by atoms with Crippen LogP contribution in [0.5, 0.6) is 0 Å². The molecule has 1 amide bonds. The summed E-state index contributed by atoms with van der Waals surface area (Å²) in [5.41, 5.74) is 2.57. The Hall–Kier alpha value is -2.21. The van der Waals surface area contributed by atoms with Crippen molar-refractivity contribution in [2.75, 3.05) is 0 Å². The number of hydrogen-bond acceptors (Lipinski definition) is 5. The van der Waals surface area contributed by atoms with Crippen LogP contribution in [-0.2, 0) is 13.0 Å². The first kappa shape index (κ1) is 12.5. The number of nitrogens with one attached hydrogen (secondary N) is 2. The van der Waals surface area contributed by atoms with Gasteiger partial charge in [0.2, 0.25) is 5.89 Å². The Labute approximate surface area is 121 Å². The van der Waals surface area contributed by atoms with Gasteiger partial charge in [-0.15, -0.1) is 0 Å². The normalized spacial score (nSPS) is 20.9. The Morgan fingerprint density at radius 1 is 1.29 bits per heavy atom. The third-order valence-corrected chi connectivity index (χ3v) is 3.94. The number of hydrogen-bond donors (Lipinski definition) is 2. The fourth-order valence-electron chi connectivity index (χ4n) is 2.58. The SMILES string of the molecule is O=C(NC1CC1)c1noc([C@@H]2Cc3ccccc3CN2)n1. The van der Waals surface area contributed by atoms with Gasteiger partial charge in [-0.2, -0.15) is 4.98 Å². The Morgan fingerprint density at radius 3 is 2.90 bits per heavy atom. The summed E-state index contributed by atoms with van der Waals surface area (Å²) in [6.07, 6.45) is 2.87. The van der Waals surface area contributed by atoms with Crippen LogP contribution in [0, 0.1) is 0 Å². The second kappa shape index (κ2) is 4.96. The minimum atomic E-state index is -0.247.